The van der Waals surface area contributed by atoms with Crippen molar-refractivity contribution in [3.8, 4) is 79.1 Å². The van der Waals surface area contributed by atoms with Crippen molar-refractivity contribution in [2.45, 2.75) is 55.6 Å². The molecule has 0 unspecified atom stereocenters. The van der Waals surface area contributed by atoms with Gasteiger partial charge in [-0.15, -0.1) is 0 Å². The van der Waals surface area contributed by atoms with E-state index in [0.717, 1.165) is 94.1 Å². The highest BCUT2D eigenvalue weighted by atomic mass is 19.4. The van der Waals surface area contributed by atoms with Gasteiger partial charge in [0.25, 0.3) is 0 Å². The third-order valence-electron chi connectivity index (χ3n) is 16.7. The summed E-state index contributed by atoms with van der Waals surface area (Å²) in [5, 5.41) is 21.8. The van der Waals surface area contributed by atoms with E-state index in [4.69, 9.17) is 0 Å². The highest BCUT2D eigenvalue weighted by molar-refractivity contribution is 6.13. The number of halogens is 27. The Kier molecular flexibility index (Phi) is 16.5. The van der Waals surface area contributed by atoms with Gasteiger partial charge in [0.15, 0.2) is 0 Å². The third kappa shape index (κ3) is 13.2. The second-order valence-corrected chi connectivity index (χ2v) is 23.1. The van der Waals surface area contributed by atoms with Gasteiger partial charge in [-0.25, -0.2) is 0 Å². The summed E-state index contributed by atoms with van der Waals surface area (Å²) < 4.78 is 393. The van der Waals surface area contributed by atoms with Gasteiger partial charge < -0.3 is 9.13 Å². The van der Waals surface area contributed by atoms with E-state index in [0.29, 0.717) is 36.4 Å². The molecule has 0 saturated heterocycles. The first-order chi connectivity index (χ1) is 47.1. The van der Waals surface area contributed by atoms with Crippen LogP contribution in [0.3, 0.4) is 0 Å². The van der Waals surface area contributed by atoms with E-state index in [-0.39, 0.29) is 76.1 Å². The van der Waals surface area contributed by atoms with Crippen LogP contribution in [-0.4, -0.2) is 9.13 Å². The summed E-state index contributed by atoms with van der Waals surface area (Å²) in [7, 11) is 0. The van der Waals surface area contributed by atoms with Crippen LogP contribution in [0.1, 0.15) is 61.2 Å². The van der Waals surface area contributed by atoms with Crippen LogP contribution in [0.15, 0.2) is 176 Å². The number of hydrogen-bond acceptors (Lipinski definition) is 2. The van der Waals surface area contributed by atoms with Gasteiger partial charge in [-0.2, -0.15) is 129 Å². The lowest BCUT2D eigenvalue weighted by molar-refractivity contribution is -0.144. The van der Waals surface area contributed by atoms with E-state index in [1.165, 1.54) is 0 Å². The number of fused-ring (bicyclic) bond motifs is 6. The molecule has 31 heteroatoms. The monoisotopic (exact) mass is 1450 g/mol. The molecular weight excluding hydrogens is 1420 g/mol. The number of nitriles is 2. The fourth-order valence-electron chi connectivity index (χ4n) is 12.1. The van der Waals surface area contributed by atoms with Gasteiger partial charge in [0.1, 0.15) is 6.07 Å². The van der Waals surface area contributed by atoms with Gasteiger partial charge in [0.05, 0.1) is 101 Å². The van der Waals surface area contributed by atoms with Crippen molar-refractivity contribution in [1.29, 1.82) is 10.5 Å². The molecule has 0 amide bonds. The van der Waals surface area contributed by atoms with E-state index >= 15 is 0 Å². The lowest BCUT2D eigenvalue weighted by Gasteiger charge is -2.21. The smallest absolute Gasteiger partial charge is 0.309 e. The molecule has 0 aliphatic carbocycles. The molecule has 0 aliphatic rings. The van der Waals surface area contributed by atoms with Crippen LogP contribution in [-0.2, 0) is 55.6 Å². The van der Waals surface area contributed by atoms with Crippen LogP contribution in [0.4, 0.5) is 119 Å². The first-order valence-electron chi connectivity index (χ1n) is 28.7. The second-order valence-electron chi connectivity index (χ2n) is 23.1. The highest BCUT2D eigenvalue weighted by Crippen LogP contribution is 2.50. The van der Waals surface area contributed by atoms with Crippen molar-refractivity contribution in [2.24, 2.45) is 0 Å². The average Bonchev–Trinajstić information content (AvgIpc) is 1.55. The molecule has 12 rings (SSSR count). The maximum Gasteiger partial charge on any atom is 0.416 e. The molecule has 10 aromatic carbocycles. The molecule has 0 fully saturated rings. The van der Waals surface area contributed by atoms with Crippen molar-refractivity contribution < 1.29 is 119 Å². The van der Waals surface area contributed by atoms with Crippen molar-refractivity contribution in [3.63, 3.8) is 0 Å². The zero-order valence-electron chi connectivity index (χ0n) is 49.7. The summed E-state index contributed by atoms with van der Waals surface area (Å²) in [6, 6.07) is 19.9. The number of rotatable bonds is 7. The maximum atomic E-state index is 14.7. The van der Waals surface area contributed by atoms with Gasteiger partial charge >= 0.3 is 55.6 Å². The number of nitrogens with zero attached hydrogens (tertiary/aromatic N) is 4. The standard InChI is InChI=1S/C71H29F27N4/c72-63(73,74)42-5-10-51(40(19-42)30-99)56-29-57(101-58-20-32(36-11-43(64(75,76)77)25-44(12-36)65(78,79)80)1-6-52(58)53-7-2-33(21-59(53)101)37-13-45(66(81,82)83)26-46(14-37)67(84,85)86)41(31-100)24-62(56)102-60-22-34(38-15-47(68(87,88)89)27-48(16-38)69(90,91)92)3-8-54(60)55-9-4-35(23-61(55)102)39-17-49(70(93,94)95)28-50(18-39)71(96,97)98/h1-29H. The number of alkyl halides is 27. The van der Waals surface area contributed by atoms with Crippen LogP contribution in [0.5, 0.6) is 0 Å². The largest absolute Gasteiger partial charge is 0.416 e. The summed E-state index contributed by atoms with van der Waals surface area (Å²) in [5.74, 6) is 0. The summed E-state index contributed by atoms with van der Waals surface area (Å²) in [6.45, 7) is 0. The fourth-order valence-corrected chi connectivity index (χ4v) is 12.1. The molecule has 2 heterocycles. The first kappa shape index (κ1) is 70.7. The quantitative estimate of drug-likeness (QED) is 0.149. The minimum atomic E-state index is -5.48. The van der Waals surface area contributed by atoms with Crippen molar-refractivity contribution in [3.05, 3.63) is 237 Å². The normalized spacial score (nSPS) is 13.2. The predicted octanol–water partition coefficient (Wildman–Crippen LogP) is 25.1. The van der Waals surface area contributed by atoms with Gasteiger partial charge in [0.2, 0.25) is 0 Å². The molecule has 102 heavy (non-hydrogen) atoms. The van der Waals surface area contributed by atoms with Crippen LogP contribution >= 0.6 is 0 Å². The SMILES string of the molecule is N#Cc1cc(C(F)(F)F)ccc1-c1cc(-n2c3cc(-c4cc(C(F)(F)F)cc(C(F)(F)F)c4)ccc3c3ccc(-c4cc(C(F)(F)F)cc(C(F)(F)F)c4)cc32)c(C#N)cc1-n1c2cc(-c3cc(C(F)(F)F)cc(C(F)(F)F)c3)ccc2c2ccc(-c3cc(C(F)(F)F)cc(C(F)(F)F)c3)cc21. The Morgan fingerprint density at radius 2 is 0.451 bits per heavy atom. The molecule has 2 aromatic heterocycles. The average molecular weight is 1450 g/mol. The van der Waals surface area contributed by atoms with Crippen LogP contribution in [0.2, 0.25) is 0 Å². The molecule has 4 nitrogen and oxygen atoms in total. The Morgan fingerprint density at radius 3 is 0.686 bits per heavy atom. The van der Waals surface area contributed by atoms with Crippen LogP contribution < -0.4 is 0 Å². The zero-order valence-corrected chi connectivity index (χ0v) is 49.7. The van der Waals surface area contributed by atoms with E-state index in [2.05, 4.69) is 0 Å². The Balaban J connectivity index is 1.26. The summed E-state index contributed by atoms with van der Waals surface area (Å²) in [5.41, 5.74) is -27.6. The van der Waals surface area contributed by atoms with Gasteiger partial charge in [-0.3, -0.25) is 0 Å². The van der Waals surface area contributed by atoms with E-state index in [1.807, 2.05) is 6.07 Å². The molecule has 0 bridgehead atoms. The zero-order chi connectivity index (χ0) is 74.5. The van der Waals surface area contributed by atoms with E-state index < -0.39 is 206 Å². The Morgan fingerprint density at radius 1 is 0.206 bits per heavy atom. The molecule has 0 N–H and O–H groups in total. The Hall–Kier alpha value is -11.1. The van der Waals surface area contributed by atoms with E-state index in [1.54, 1.807) is 6.07 Å². The summed E-state index contributed by atoms with van der Waals surface area (Å²) >= 11 is 0. The fraction of sp³-hybridized carbons (Fsp3) is 0.127. The third-order valence-corrected chi connectivity index (χ3v) is 16.7. The van der Waals surface area contributed by atoms with Crippen LogP contribution in [0.25, 0.3) is 111 Å². The lowest BCUT2D eigenvalue weighted by Crippen LogP contribution is -2.11. The van der Waals surface area contributed by atoms with Crippen molar-refractivity contribution >= 4 is 43.6 Å². The topological polar surface area (TPSA) is 57.4 Å². The number of hydrogen-bond donors (Lipinski definition) is 0. The molecule has 0 saturated carbocycles. The molecule has 522 valence electrons. The van der Waals surface area contributed by atoms with Crippen molar-refractivity contribution in [1.82, 2.24) is 9.13 Å². The van der Waals surface area contributed by atoms with E-state index in [9.17, 15) is 129 Å². The Labute approximate surface area is 552 Å². The van der Waals surface area contributed by atoms with Gasteiger partial charge in [-0.1, -0.05) is 54.6 Å². The summed E-state index contributed by atoms with van der Waals surface area (Å²) in [4.78, 5) is 0. The number of aromatic nitrogens is 2. The summed E-state index contributed by atoms with van der Waals surface area (Å²) in [6.07, 6.45) is -49.1. The lowest BCUT2D eigenvalue weighted by atomic mass is 9.94. The minimum Gasteiger partial charge on any atom is -0.309 e. The highest BCUT2D eigenvalue weighted by Gasteiger charge is 2.42. The second kappa shape index (κ2) is 23.8. The van der Waals surface area contributed by atoms with Crippen molar-refractivity contribution in [2.75, 3.05) is 0 Å². The first-order valence-corrected chi connectivity index (χ1v) is 28.7. The molecule has 0 aliphatic heterocycles. The molecule has 12 aromatic rings. The van der Waals surface area contributed by atoms with Crippen LogP contribution in [0, 0.1) is 22.7 Å². The Bertz CT molecular complexity index is 5140. The molecule has 0 radical (unpaired) electrons. The number of benzene rings is 10. The van der Waals surface area contributed by atoms with Gasteiger partial charge in [-0.05, 0) is 166 Å². The maximum absolute atomic E-state index is 14.7. The molecular formula is C71H29F27N4. The molecule has 0 spiro atoms. The molecule has 0 atom stereocenters. The minimum absolute atomic E-state index is 0.126. The predicted molar refractivity (Wildman–Crippen MR) is 317 cm³/mol. The van der Waals surface area contributed by atoms with Gasteiger partial charge in [0, 0.05) is 32.7 Å².